The van der Waals surface area contributed by atoms with Crippen LogP contribution in [0.1, 0.15) is 11.1 Å². The largest absolute Gasteiger partial charge is 0.381 e. The van der Waals surface area contributed by atoms with Crippen molar-refractivity contribution in [2.75, 3.05) is 5.32 Å². The van der Waals surface area contributed by atoms with E-state index in [1.807, 2.05) is 18.2 Å². The van der Waals surface area contributed by atoms with Crippen LogP contribution in [0.15, 0.2) is 42.7 Å². The van der Waals surface area contributed by atoms with E-state index >= 15 is 0 Å². The van der Waals surface area contributed by atoms with E-state index in [2.05, 4.69) is 10.3 Å². The lowest BCUT2D eigenvalue weighted by molar-refractivity contribution is 0.612. The molecule has 3 nitrogen and oxygen atoms in total. The molecule has 0 amide bonds. The summed E-state index contributed by atoms with van der Waals surface area (Å²) >= 11 is 0. The molecule has 17 heavy (non-hydrogen) atoms. The van der Waals surface area contributed by atoms with E-state index in [1.54, 1.807) is 24.5 Å². The van der Waals surface area contributed by atoms with E-state index in [9.17, 15) is 4.39 Å². The Morgan fingerprint density at radius 3 is 2.65 bits per heavy atom. The molecule has 2 rings (SSSR count). The highest BCUT2D eigenvalue weighted by atomic mass is 19.1. The summed E-state index contributed by atoms with van der Waals surface area (Å²) in [5.41, 5.74) is 1.74. The van der Waals surface area contributed by atoms with Crippen LogP contribution in [-0.2, 0) is 6.54 Å². The first-order valence-corrected chi connectivity index (χ1v) is 5.12. The molecule has 0 unspecified atom stereocenters. The number of rotatable bonds is 3. The summed E-state index contributed by atoms with van der Waals surface area (Å²) in [4.78, 5) is 3.89. The van der Waals surface area contributed by atoms with Crippen LogP contribution >= 0.6 is 0 Å². The lowest BCUT2D eigenvalue weighted by atomic mass is 10.1. The van der Waals surface area contributed by atoms with E-state index in [4.69, 9.17) is 5.26 Å². The van der Waals surface area contributed by atoms with E-state index < -0.39 is 0 Å². The van der Waals surface area contributed by atoms with Gasteiger partial charge >= 0.3 is 0 Å². The second-order valence-corrected chi connectivity index (χ2v) is 3.51. The summed E-state index contributed by atoms with van der Waals surface area (Å²) in [6, 6.07) is 9.97. The van der Waals surface area contributed by atoms with Gasteiger partial charge in [-0.3, -0.25) is 4.98 Å². The van der Waals surface area contributed by atoms with Crippen LogP contribution < -0.4 is 5.32 Å². The summed E-state index contributed by atoms with van der Waals surface area (Å²) < 4.78 is 13.5. The van der Waals surface area contributed by atoms with Crippen molar-refractivity contribution in [3.05, 3.63) is 59.7 Å². The van der Waals surface area contributed by atoms with Crippen LogP contribution in [0.4, 0.5) is 10.1 Å². The second kappa shape index (κ2) is 5.08. The maximum atomic E-state index is 13.5. The smallest absolute Gasteiger partial charge is 0.129 e. The van der Waals surface area contributed by atoms with Crippen LogP contribution in [0.25, 0.3) is 0 Å². The maximum absolute atomic E-state index is 13.5. The quantitative estimate of drug-likeness (QED) is 0.877. The Hall–Kier alpha value is -2.41. The zero-order valence-corrected chi connectivity index (χ0v) is 9.02. The zero-order chi connectivity index (χ0) is 12.1. The topological polar surface area (TPSA) is 48.7 Å². The fourth-order valence-corrected chi connectivity index (χ4v) is 1.43. The number of nitrogens with one attached hydrogen (secondary N) is 1. The van der Waals surface area contributed by atoms with Gasteiger partial charge < -0.3 is 5.32 Å². The Kier molecular flexibility index (Phi) is 3.31. The monoisotopic (exact) mass is 227 g/mol. The van der Waals surface area contributed by atoms with Crippen molar-refractivity contribution in [1.29, 1.82) is 5.26 Å². The van der Waals surface area contributed by atoms with Crippen LogP contribution in [0, 0.1) is 17.1 Å². The average Bonchev–Trinajstić information content (AvgIpc) is 2.38. The highest BCUT2D eigenvalue weighted by molar-refractivity contribution is 5.42. The van der Waals surface area contributed by atoms with Gasteiger partial charge in [-0.2, -0.15) is 5.26 Å². The SMILES string of the molecule is N#Cc1ccc(CNc2ccncc2)c(F)c1. The van der Waals surface area contributed by atoms with Gasteiger partial charge in [0.15, 0.2) is 0 Å². The number of aromatic nitrogens is 1. The predicted molar refractivity (Wildman–Crippen MR) is 62.7 cm³/mol. The summed E-state index contributed by atoms with van der Waals surface area (Å²) in [6.45, 7) is 0.377. The van der Waals surface area contributed by atoms with Crippen molar-refractivity contribution in [3.8, 4) is 6.07 Å². The van der Waals surface area contributed by atoms with Gasteiger partial charge in [0.25, 0.3) is 0 Å². The van der Waals surface area contributed by atoms with Crippen molar-refractivity contribution in [2.24, 2.45) is 0 Å². The Balaban J connectivity index is 2.08. The minimum absolute atomic E-state index is 0.329. The van der Waals surface area contributed by atoms with Gasteiger partial charge in [-0.05, 0) is 24.3 Å². The fraction of sp³-hybridized carbons (Fsp3) is 0.0769. The first-order chi connectivity index (χ1) is 8.29. The third-order valence-electron chi connectivity index (χ3n) is 2.35. The summed E-state index contributed by atoms with van der Waals surface area (Å²) in [6.07, 6.45) is 3.33. The third-order valence-corrected chi connectivity index (χ3v) is 2.35. The van der Waals surface area contributed by atoms with Gasteiger partial charge in [0.05, 0.1) is 11.6 Å². The molecular weight excluding hydrogens is 217 g/mol. The van der Waals surface area contributed by atoms with Crippen molar-refractivity contribution in [2.45, 2.75) is 6.54 Å². The first-order valence-electron chi connectivity index (χ1n) is 5.12. The highest BCUT2D eigenvalue weighted by Crippen LogP contribution is 2.12. The molecule has 4 heteroatoms. The van der Waals surface area contributed by atoms with Crippen molar-refractivity contribution < 1.29 is 4.39 Å². The summed E-state index contributed by atoms with van der Waals surface area (Å²) in [7, 11) is 0. The highest BCUT2D eigenvalue weighted by Gasteiger charge is 2.03. The molecule has 1 aromatic carbocycles. The molecule has 84 valence electrons. The lowest BCUT2D eigenvalue weighted by Gasteiger charge is -2.07. The van der Waals surface area contributed by atoms with Crippen molar-refractivity contribution >= 4 is 5.69 Å². The minimum atomic E-state index is -0.370. The van der Waals surface area contributed by atoms with Crippen LogP contribution in [0.5, 0.6) is 0 Å². The van der Waals surface area contributed by atoms with Crippen LogP contribution in [-0.4, -0.2) is 4.98 Å². The van der Waals surface area contributed by atoms with Gasteiger partial charge in [-0.1, -0.05) is 6.07 Å². The molecule has 0 bridgehead atoms. The third kappa shape index (κ3) is 2.79. The second-order valence-electron chi connectivity index (χ2n) is 3.51. The Morgan fingerprint density at radius 1 is 1.24 bits per heavy atom. The minimum Gasteiger partial charge on any atom is -0.381 e. The number of hydrogen-bond donors (Lipinski definition) is 1. The summed E-state index contributed by atoms with van der Waals surface area (Å²) in [5, 5.41) is 11.7. The molecule has 0 radical (unpaired) electrons. The standard InChI is InChI=1S/C13H10FN3/c14-13-7-10(8-15)1-2-11(13)9-17-12-3-5-16-6-4-12/h1-7H,9H2,(H,16,17). The molecule has 0 spiro atoms. The first kappa shape index (κ1) is 11.1. The molecular formula is C13H10FN3. The van der Waals surface area contributed by atoms with Gasteiger partial charge in [-0.15, -0.1) is 0 Å². The van der Waals surface area contributed by atoms with Crippen LogP contribution in [0.2, 0.25) is 0 Å². The normalized spacial score (nSPS) is 9.65. The average molecular weight is 227 g/mol. The number of pyridine rings is 1. The Labute approximate surface area is 98.5 Å². The molecule has 0 saturated carbocycles. The summed E-state index contributed by atoms with van der Waals surface area (Å²) in [5.74, 6) is -0.370. The number of hydrogen-bond acceptors (Lipinski definition) is 3. The van der Waals surface area contributed by atoms with E-state index in [-0.39, 0.29) is 5.82 Å². The number of nitriles is 1. The van der Waals surface area contributed by atoms with Gasteiger partial charge in [0.1, 0.15) is 5.82 Å². The Morgan fingerprint density at radius 2 is 2.00 bits per heavy atom. The van der Waals surface area contributed by atoms with E-state index in [1.165, 1.54) is 6.07 Å². The molecule has 0 atom stereocenters. The van der Waals surface area contributed by atoms with E-state index in [0.717, 1.165) is 5.69 Å². The fourth-order valence-electron chi connectivity index (χ4n) is 1.43. The van der Waals surface area contributed by atoms with Crippen LogP contribution in [0.3, 0.4) is 0 Å². The zero-order valence-electron chi connectivity index (χ0n) is 9.02. The maximum Gasteiger partial charge on any atom is 0.129 e. The van der Waals surface area contributed by atoms with Gasteiger partial charge in [-0.25, -0.2) is 4.39 Å². The number of nitrogens with zero attached hydrogens (tertiary/aromatic N) is 2. The lowest BCUT2D eigenvalue weighted by Crippen LogP contribution is -2.02. The molecule has 1 aromatic heterocycles. The number of halogens is 1. The molecule has 0 aliphatic heterocycles. The van der Waals surface area contributed by atoms with Crippen molar-refractivity contribution in [1.82, 2.24) is 4.98 Å². The van der Waals surface area contributed by atoms with Crippen molar-refractivity contribution in [3.63, 3.8) is 0 Å². The predicted octanol–water partition coefficient (Wildman–Crippen LogP) is 2.70. The molecule has 1 heterocycles. The number of anilines is 1. The van der Waals surface area contributed by atoms with E-state index in [0.29, 0.717) is 17.7 Å². The molecule has 0 aliphatic rings. The molecule has 0 fully saturated rings. The number of benzene rings is 1. The molecule has 0 aliphatic carbocycles. The Bertz CT molecular complexity index is 546. The molecule has 0 saturated heterocycles. The van der Waals surface area contributed by atoms with Gasteiger partial charge in [0.2, 0.25) is 0 Å². The van der Waals surface area contributed by atoms with Gasteiger partial charge in [0, 0.05) is 30.2 Å². The molecule has 1 N–H and O–H groups in total. The molecule has 2 aromatic rings.